The SMILES string of the molecule is CCNc1ccc(C(=O)N(C)CCSC)cc1C. The van der Waals surface area contributed by atoms with Gasteiger partial charge in [0.15, 0.2) is 0 Å². The van der Waals surface area contributed by atoms with Crippen LogP contribution in [-0.2, 0) is 0 Å². The van der Waals surface area contributed by atoms with Gasteiger partial charge in [-0.2, -0.15) is 11.8 Å². The maximum atomic E-state index is 12.2. The molecule has 1 aromatic rings. The Balaban J connectivity index is 2.77. The first-order chi connectivity index (χ1) is 8.60. The standard InChI is InChI=1S/C14H22N2OS/c1-5-15-13-7-6-12(10-11(13)2)14(17)16(3)8-9-18-4/h6-7,10,15H,5,8-9H2,1-4H3. The van der Waals surface area contributed by atoms with Gasteiger partial charge in [-0.1, -0.05) is 0 Å². The van der Waals surface area contributed by atoms with Crippen LogP contribution in [0.1, 0.15) is 22.8 Å². The molecule has 0 heterocycles. The highest BCUT2D eigenvalue weighted by atomic mass is 32.2. The molecule has 1 rings (SSSR count). The maximum Gasteiger partial charge on any atom is 0.253 e. The Labute approximate surface area is 114 Å². The zero-order valence-electron chi connectivity index (χ0n) is 11.6. The van der Waals surface area contributed by atoms with E-state index in [9.17, 15) is 4.79 Å². The number of carbonyl (C=O) groups is 1. The van der Waals surface area contributed by atoms with Crippen molar-refractivity contribution < 1.29 is 4.79 Å². The van der Waals surface area contributed by atoms with Crippen LogP contribution in [0.4, 0.5) is 5.69 Å². The number of carbonyl (C=O) groups excluding carboxylic acids is 1. The van der Waals surface area contributed by atoms with E-state index in [1.54, 1.807) is 16.7 Å². The molecule has 1 amide bonds. The van der Waals surface area contributed by atoms with Crippen molar-refractivity contribution in [2.24, 2.45) is 0 Å². The molecule has 1 aromatic carbocycles. The molecular formula is C14H22N2OS. The Morgan fingerprint density at radius 2 is 2.17 bits per heavy atom. The van der Waals surface area contributed by atoms with Crippen LogP contribution in [0.15, 0.2) is 18.2 Å². The third kappa shape index (κ3) is 3.95. The molecule has 18 heavy (non-hydrogen) atoms. The van der Waals surface area contributed by atoms with E-state index >= 15 is 0 Å². The van der Waals surface area contributed by atoms with Crippen molar-refractivity contribution in [2.75, 3.05) is 37.5 Å². The quantitative estimate of drug-likeness (QED) is 0.859. The van der Waals surface area contributed by atoms with Crippen molar-refractivity contribution in [3.63, 3.8) is 0 Å². The number of benzene rings is 1. The van der Waals surface area contributed by atoms with E-state index in [0.717, 1.165) is 35.7 Å². The fourth-order valence-electron chi connectivity index (χ4n) is 1.74. The van der Waals surface area contributed by atoms with Gasteiger partial charge in [0.05, 0.1) is 0 Å². The van der Waals surface area contributed by atoms with Crippen LogP contribution < -0.4 is 5.32 Å². The van der Waals surface area contributed by atoms with Crippen LogP contribution in [-0.4, -0.2) is 43.0 Å². The molecule has 0 aliphatic carbocycles. The molecule has 3 nitrogen and oxygen atoms in total. The summed E-state index contributed by atoms with van der Waals surface area (Å²) in [4.78, 5) is 13.9. The summed E-state index contributed by atoms with van der Waals surface area (Å²) in [5.74, 6) is 1.06. The Hall–Kier alpha value is -1.16. The lowest BCUT2D eigenvalue weighted by atomic mass is 10.1. The average molecular weight is 266 g/mol. The molecule has 100 valence electrons. The van der Waals surface area contributed by atoms with E-state index in [0.29, 0.717) is 0 Å². The third-order valence-electron chi connectivity index (χ3n) is 2.82. The Kier molecular flexibility index (Phi) is 6.05. The number of nitrogens with zero attached hydrogens (tertiary/aromatic N) is 1. The summed E-state index contributed by atoms with van der Waals surface area (Å²) in [5, 5.41) is 3.28. The smallest absolute Gasteiger partial charge is 0.253 e. The van der Waals surface area contributed by atoms with Gasteiger partial charge >= 0.3 is 0 Å². The average Bonchev–Trinajstić information content (AvgIpc) is 2.37. The lowest BCUT2D eigenvalue weighted by Gasteiger charge is -2.17. The lowest BCUT2D eigenvalue weighted by molar-refractivity contribution is 0.0803. The summed E-state index contributed by atoms with van der Waals surface area (Å²) in [6.45, 7) is 5.77. The van der Waals surface area contributed by atoms with Crippen molar-refractivity contribution in [2.45, 2.75) is 13.8 Å². The first-order valence-corrected chi connectivity index (χ1v) is 7.58. The second-order valence-corrected chi connectivity index (χ2v) is 5.27. The number of aryl methyl sites for hydroxylation is 1. The molecule has 0 aliphatic rings. The Morgan fingerprint density at radius 3 is 2.72 bits per heavy atom. The summed E-state index contributed by atoms with van der Waals surface area (Å²) >= 11 is 1.75. The molecule has 0 spiro atoms. The van der Waals surface area contributed by atoms with Gasteiger partial charge in [-0.15, -0.1) is 0 Å². The molecular weight excluding hydrogens is 244 g/mol. The summed E-state index contributed by atoms with van der Waals surface area (Å²) in [6, 6.07) is 5.83. The number of nitrogens with one attached hydrogen (secondary N) is 1. The van der Waals surface area contributed by atoms with Crippen molar-refractivity contribution >= 4 is 23.4 Å². The van der Waals surface area contributed by atoms with Gasteiger partial charge in [0.25, 0.3) is 5.91 Å². The van der Waals surface area contributed by atoms with Crippen molar-refractivity contribution in [1.82, 2.24) is 4.90 Å². The molecule has 0 aliphatic heterocycles. The monoisotopic (exact) mass is 266 g/mol. The minimum absolute atomic E-state index is 0.0928. The van der Waals surface area contributed by atoms with E-state index in [1.165, 1.54) is 0 Å². The van der Waals surface area contributed by atoms with Gasteiger partial charge in [0.1, 0.15) is 0 Å². The maximum absolute atomic E-state index is 12.2. The normalized spacial score (nSPS) is 10.2. The van der Waals surface area contributed by atoms with Gasteiger partial charge in [-0.25, -0.2) is 0 Å². The predicted octanol–water partition coefficient (Wildman–Crippen LogP) is 2.86. The summed E-state index contributed by atoms with van der Waals surface area (Å²) in [5.41, 5.74) is 2.97. The molecule has 4 heteroatoms. The van der Waals surface area contributed by atoms with Gasteiger partial charge in [-0.05, 0) is 43.9 Å². The molecule has 0 unspecified atom stereocenters. The van der Waals surface area contributed by atoms with E-state index in [2.05, 4.69) is 12.2 Å². The van der Waals surface area contributed by atoms with Crippen LogP contribution in [0.25, 0.3) is 0 Å². The second kappa shape index (κ2) is 7.31. The molecule has 0 fully saturated rings. The first-order valence-electron chi connectivity index (χ1n) is 6.19. The van der Waals surface area contributed by atoms with Crippen LogP contribution in [0, 0.1) is 6.92 Å². The van der Waals surface area contributed by atoms with Crippen LogP contribution in [0.2, 0.25) is 0 Å². The molecule has 0 saturated heterocycles. The number of hydrogen-bond donors (Lipinski definition) is 1. The zero-order chi connectivity index (χ0) is 13.5. The van der Waals surface area contributed by atoms with E-state index in [1.807, 2.05) is 38.4 Å². The lowest BCUT2D eigenvalue weighted by Crippen LogP contribution is -2.28. The molecule has 0 saturated carbocycles. The van der Waals surface area contributed by atoms with Crippen LogP contribution in [0.5, 0.6) is 0 Å². The van der Waals surface area contributed by atoms with Crippen molar-refractivity contribution in [3.8, 4) is 0 Å². The fourth-order valence-corrected chi connectivity index (χ4v) is 2.19. The summed E-state index contributed by atoms with van der Waals surface area (Å²) < 4.78 is 0. The van der Waals surface area contributed by atoms with Gasteiger partial charge in [-0.3, -0.25) is 4.79 Å². The van der Waals surface area contributed by atoms with Gasteiger partial charge in [0, 0.05) is 37.1 Å². The second-order valence-electron chi connectivity index (χ2n) is 4.28. The molecule has 0 atom stereocenters. The Morgan fingerprint density at radius 1 is 1.44 bits per heavy atom. The minimum Gasteiger partial charge on any atom is -0.385 e. The van der Waals surface area contributed by atoms with E-state index in [-0.39, 0.29) is 5.91 Å². The van der Waals surface area contributed by atoms with Crippen LogP contribution in [0.3, 0.4) is 0 Å². The minimum atomic E-state index is 0.0928. The fraction of sp³-hybridized carbons (Fsp3) is 0.500. The number of rotatable bonds is 6. The first kappa shape index (κ1) is 14.9. The summed E-state index contributed by atoms with van der Waals surface area (Å²) in [7, 11) is 1.85. The summed E-state index contributed by atoms with van der Waals surface area (Å²) in [6.07, 6.45) is 2.05. The number of hydrogen-bond acceptors (Lipinski definition) is 3. The van der Waals surface area contributed by atoms with E-state index in [4.69, 9.17) is 0 Å². The molecule has 1 N–H and O–H groups in total. The molecule has 0 bridgehead atoms. The Bertz CT molecular complexity index is 407. The zero-order valence-corrected chi connectivity index (χ0v) is 12.4. The highest BCUT2D eigenvalue weighted by Crippen LogP contribution is 2.17. The van der Waals surface area contributed by atoms with Gasteiger partial charge < -0.3 is 10.2 Å². The van der Waals surface area contributed by atoms with Crippen molar-refractivity contribution in [1.29, 1.82) is 0 Å². The highest BCUT2D eigenvalue weighted by molar-refractivity contribution is 7.98. The number of thioether (sulfide) groups is 1. The number of amides is 1. The number of anilines is 1. The third-order valence-corrected chi connectivity index (χ3v) is 3.41. The molecule has 0 aromatic heterocycles. The van der Waals surface area contributed by atoms with Crippen molar-refractivity contribution in [3.05, 3.63) is 29.3 Å². The van der Waals surface area contributed by atoms with Gasteiger partial charge in [0.2, 0.25) is 0 Å². The molecule has 0 radical (unpaired) electrons. The predicted molar refractivity (Wildman–Crippen MR) is 80.7 cm³/mol. The highest BCUT2D eigenvalue weighted by Gasteiger charge is 2.12. The largest absolute Gasteiger partial charge is 0.385 e. The van der Waals surface area contributed by atoms with Crippen LogP contribution >= 0.6 is 11.8 Å². The topological polar surface area (TPSA) is 32.3 Å². The van der Waals surface area contributed by atoms with E-state index < -0.39 is 0 Å².